The van der Waals surface area contributed by atoms with E-state index in [0.717, 1.165) is 51.4 Å². The Morgan fingerprint density at radius 1 is 1.11 bits per heavy atom. The fraction of sp³-hybridized carbons (Fsp3) is 0.929. The summed E-state index contributed by atoms with van der Waals surface area (Å²) in [5.41, 5.74) is -0.222. The maximum Gasteiger partial charge on any atom is 0.246 e. The molecule has 37 heavy (non-hydrogen) atoms. The number of H-pyrrole nitrogens is 1. The van der Waals surface area contributed by atoms with Crippen molar-refractivity contribution >= 4 is 11.9 Å². The van der Waals surface area contributed by atoms with E-state index < -0.39 is 6.10 Å². The molecule has 4 fully saturated rings. The molecule has 0 aliphatic heterocycles. The monoisotopic (exact) mass is 517 g/mol. The van der Waals surface area contributed by atoms with Gasteiger partial charge in [0.1, 0.15) is 0 Å². The maximum atomic E-state index is 12.8. The zero-order chi connectivity index (χ0) is 26.7. The summed E-state index contributed by atoms with van der Waals surface area (Å²) in [6.07, 6.45) is 5.91. The molecule has 9 heteroatoms. The molecular formula is C28H47N5O4. The van der Waals surface area contributed by atoms with Gasteiger partial charge in [-0.1, -0.05) is 46.1 Å². The van der Waals surface area contributed by atoms with Gasteiger partial charge in [-0.05, 0) is 108 Å². The van der Waals surface area contributed by atoms with E-state index in [1.807, 2.05) is 6.92 Å². The van der Waals surface area contributed by atoms with Crippen LogP contribution in [-0.4, -0.2) is 60.2 Å². The number of aromatic nitrogens is 4. The van der Waals surface area contributed by atoms with Gasteiger partial charge in [-0.25, -0.2) is 5.10 Å². The topological polar surface area (TPSA) is 144 Å². The highest BCUT2D eigenvalue weighted by Gasteiger charge is 2.67. The van der Waals surface area contributed by atoms with Crippen LogP contribution in [0.25, 0.3) is 0 Å². The largest absolute Gasteiger partial charge is 0.393 e. The zero-order valence-corrected chi connectivity index (χ0v) is 23.1. The van der Waals surface area contributed by atoms with Gasteiger partial charge in [-0.3, -0.25) is 10.1 Å². The fourth-order valence-corrected chi connectivity index (χ4v) is 10.2. The van der Waals surface area contributed by atoms with Crippen molar-refractivity contribution in [3.63, 3.8) is 0 Å². The second-order valence-corrected chi connectivity index (χ2v) is 13.5. The highest BCUT2D eigenvalue weighted by molar-refractivity contribution is 5.90. The fourth-order valence-electron chi connectivity index (χ4n) is 10.2. The predicted octanol–water partition coefficient (Wildman–Crippen LogP) is 3.40. The van der Waals surface area contributed by atoms with Crippen LogP contribution < -0.4 is 5.32 Å². The van der Waals surface area contributed by atoms with Gasteiger partial charge in [0.2, 0.25) is 11.9 Å². The second kappa shape index (κ2) is 9.87. The molecule has 4 aliphatic carbocycles. The minimum absolute atomic E-state index is 0.0536. The molecule has 4 unspecified atom stereocenters. The van der Waals surface area contributed by atoms with Crippen LogP contribution in [0.4, 0.5) is 5.95 Å². The summed E-state index contributed by atoms with van der Waals surface area (Å²) in [6, 6.07) is 0. The summed E-state index contributed by atoms with van der Waals surface area (Å²) in [6.45, 7) is 11.0. The molecular weight excluding hydrogens is 470 g/mol. The Bertz CT molecular complexity index is 960. The molecule has 4 aliphatic rings. The smallest absolute Gasteiger partial charge is 0.246 e. The minimum atomic E-state index is -0.423. The van der Waals surface area contributed by atoms with Crippen LogP contribution in [0.1, 0.15) is 86.0 Å². The molecule has 1 amide bonds. The number of nitrogens with zero attached hydrogens (tertiary/aromatic N) is 3. The van der Waals surface area contributed by atoms with Gasteiger partial charge in [0.25, 0.3) is 0 Å². The van der Waals surface area contributed by atoms with Crippen molar-refractivity contribution in [1.29, 1.82) is 0 Å². The Kier molecular flexibility index (Phi) is 7.20. The number of hydrogen-bond donors (Lipinski definition) is 5. The van der Waals surface area contributed by atoms with Gasteiger partial charge in [0.05, 0.1) is 18.3 Å². The number of nitrogens with one attached hydrogen (secondary N) is 2. The predicted molar refractivity (Wildman–Crippen MR) is 139 cm³/mol. The van der Waals surface area contributed by atoms with E-state index in [9.17, 15) is 20.1 Å². The quantitative estimate of drug-likeness (QED) is 0.389. The van der Waals surface area contributed by atoms with E-state index in [1.54, 1.807) is 0 Å². The summed E-state index contributed by atoms with van der Waals surface area (Å²) in [5, 5.41) is 50.3. The molecule has 13 atom stereocenters. The lowest BCUT2D eigenvalue weighted by Crippen LogP contribution is -2.65. The van der Waals surface area contributed by atoms with E-state index >= 15 is 0 Å². The maximum absolute atomic E-state index is 12.8. The van der Waals surface area contributed by atoms with E-state index in [4.69, 9.17) is 0 Å². The number of rotatable bonds is 6. The molecule has 0 radical (unpaired) electrons. The molecule has 5 N–H and O–H groups in total. The normalized spacial score (nSPS) is 46.9. The lowest BCUT2D eigenvalue weighted by atomic mass is 9.41. The van der Waals surface area contributed by atoms with Crippen LogP contribution in [-0.2, 0) is 4.79 Å². The number of amides is 1. The lowest BCUT2D eigenvalue weighted by Gasteiger charge is -2.65. The first-order valence-corrected chi connectivity index (χ1v) is 14.6. The molecule has 1 aromatic rings. The molecule has 0 spiro atoms. The van der Waals surface area contributed by atoms with E-state index in [1.165, 1.54) is 0 Å². The Hall–Kier alpha value is -1.58. The lowest BCUT2D eigenvalue weighted by molar-refractivity contribution is -0.228. The van der Waals surface area contributed by atoms with Crippen molar-refractivity contribution in [2.24, 2.45) is 58.2 Å². The number of tetrazole rings is 1. The second-order valence-electron chi connectivity index (χ2n) is 13.5. The average molecular weight is 518 g/mol. The first kappa shape index (κ1) is 27.0. The van der Waals surface area contributed by atoms with Crippen molar-refractivity contribution in [2.45, 2.75) is 104 Å². The molecule has 0 bridgehead atoms. The van der Waals surface area contributed by atoms with Crippen molar-refractivity contribution in [2.75, 3.05) is 5.32 Å². The summed E-state index contributed by atoms with van der Waals surface area (Å²) in [4.78, 5) is 12.8. The summed E-state index contributed by atoms with van der Waals surface area (Å²) in [5.74, 6) is 1.73. The highest BCUT2D eigenvalue weighted by atomic mass is 16.3. The van der Waals surface area contributed by atoms with Gasteiger partial charge in [0, 0.05) is 5.92 Å². The summed E-state index contributed by atoms with van der Waals surface area (Å²) in [7, 11) is 0. The first-order valence-electron chi connectivity index (χ1n) is 14.6. The van der Waals surface area contributed by atoms with Crippen molar-refractivity contribution in [3.05, 3.63) is 0 Å². The number of aromatic amines is 1. The Morgan fingerprint density at radius 3 is 2.54 bits per heavy atom. The van der Waals surface area contributed by atoms with Crippen LogP contribution >= 0.6 is 0 Å². The molecule has 1 aromatic heterocycles. The number of carbonyl (C=O) groups excluding carboxylic acids is 1. The van der Waals surface area contributed by atoms with Gasteiger partial charge in [-0.2, -0.15) is 0 Å². The molecule has 9 nitrogen and oxygen atoms in total. The van der Waals surface area contributed by atoms with Crippen molar-refractivity contribution < 1.29 is 20.1 Å². The standard InChI is InChI=1S/C28H47N5O4/c1-6-17-20-12-16(34)9-10-27(20,4)21-13-22(35)28(5)18(7-8-19(28)23(21)24(17)36)14(2)11-15(3)25(37)29-26-30-32-33-31-26/h14-24,34-36H,6-13H2,1-5H3,(H2,29,30,31,32,33,37)/t14-,15+,16-,17-,18?,19?,20+,21?,22+,23?,24-,27+,28-/m1/s1. The Labute approximate surface area is 220 Å². The minimum Gasteiger partial charge on any atom is -0.393 e. The van der Waals surface area contributed by atoms with Gasteiger partial charge >= 0.3 is 0 Å². The summed E-state index contributed by atoms with van der Waals surface area (Å²) >= 11 is 0. The molecule has 5 rings (SSSR count). The highest BCUT2D eigenvalue weighted by Crippen LogP contribution is 2.69. The van der Waals surface area contributed by atoms with Gasteiger partial charge in [0.15, 0.2) is 0 Å². The van der Waals surface area contributed by atoms with Crippen LogP contribution in [0.3, 0.4) is 0 Å². The molecule has 0 saturated heterocycles. The number of aliphatic hydroxyl groups is 3. The van der Waals surface area contributed by atoms with Crippen LogP contribution in [0.15, 0.2) is 0 Å². The first-order chi connectivity index (χ1) is 17.5. The molecule has 0 aromatic carbocycles. The zero-order valence-electron chi connectivity index (χ0n) is 23.1. The van der Waals surface area contributed by atoms with Crippen molar-refractivity contribution in [3.8, 4) is 0 Å². The number of anilines is 1. The van der Waals surface area contributed by atoms with Crippen LogP contribution in [0.2, 0.25) is 0 Å². The third kappa shape index (κ3) is 4.24. The van der Waals surface area contributed by atoms with Gasteiger partial charge in [-0.15, -0.1) is 0 Å². The number of hydrogen-bond acceptors (Lipinski definition) is 7. The third-order valence-electron chi connectivity index (χ3n) is 12.0. The van der Waals surface area contributed by atoms with Gasteiger partial charge < -0.3 is 15.3 Å². The third-order valence-corrected chi connectivity index (χ3v) is 12.0. The van der Waals surface area contributed by atoms with Crippen LogP contribution in [0, 0.1) is 58.2 Å². The molecule has 208 valence electrons. The van der Waals surface area contributed by atoms with E-state index in [2.05, 4.69) is 53.6 Å². The van der Waals surface area contributed by atoms with E-state index in [-0.39, 0.29) is 70.4 Å². The van der Waals surface area contributed by atoms with Crippen molar-refractivity contribution in [1.82, 2.24) is 20.6 Å². The Morgan fingerprint density at radius 2 is 1.86 bits per heavy atom. The average Bonchev–Trinajstić information content (AvgIpc) is 3.49. The number of aliphatic hydroxyl groups excluding tert-OH is 3. The SMILES string of the molecule is CC[C@H]1[C@@H](O)C2C3CCC([C@H](C)C[C@H](C)C(=O)Nc4nnn[nH]4)[C@@]3(C)[C@@H](O)CC2[C@@]2(C)CC[C@@H](O)C[C@@H]12. The Balaban J connectivity index is 1.36. The molecule has 1 heterocycles. The summed E-state index contributed by atoms with van der Waals surface area (Å²) < 4.78 is 0. The number of carbonyl (C=O) groups is 1. The van der Waals surface area contributed by atoms with Crippen LogP contribution in [0.5, 0.6) is 0 Å². The van der Waals surface area contributed by atoms with E-state index in [0.29, 0.717) is 11.8 Å². The molecule has 4 saturated carbocycles. The number of fused-ring (bicyclic) bond motifs is 5.